The van der Waals surface area contributed by atoms with E-state index in [0.717, 1.165) is 31.8 Å². The topological polar surface area (TPSA) is 64.1 Å². The van der Waals surface area contributed by atoms with Gasteiger partial charge in [-0.3, -0.25) is 0 Å². The molecule has 2 aromatic heterocycles. The summed E-state index contributed by atoms with van der Waals surface area (Å²) in [7, 11) is 0. The van der Waals surface area contributed by atoms with Crippen LogP contribution in [0.1, 0.15) is 18.7 Å². The Morgan fingerprint density at radius 3 is 3.11 bits per heavy atom. The van der Waals surface area contributed by atoms with Crippen molar-refractivity contribution < 1.29 is 8.94 Å². The van der Waals surface area contributed by atoms with Crippen LogP contribution in [0.2, 0.25) is 0 Å². The summed E-state index contributed by atoms with van der Waals surface area (Å²) in [4.78, 5) is 4.34. The molecular weight excluding hydrogens is 298 g/mol. The Bertz CT molecular complexity index is 517. The van der Waals surface area contributed by atoms with Crippen LogP contribution in [-0.4, -0.2) is 23.2 Å². The maximum atomic E-state index is 5.38. The second-order valence-corrected chi connectivity index (χ2v) is 5.29. The van der Waals surface area contributed by atoms with E-state index < -0.39 is 0 Å². The van der Waals surface area contributed by atoms with Crippen LogP contribution >= 0.6 is 15.9 Å². The largest absolute Gasteiger partial charge is 0.446 e. The Morgan fingerprint density at radius 1 is 1.44 bits per heavy atom. The molecule has 0 aliphatic carbocycles. The monoisotopic (exact) mass is 311 g/mol. The number of aromatic nitrogens is 2. The molecule has 0 aromatic carbocycles. The fraction of sp³-hybridized carbons (Fsp3) is 0.500. The van der Waals surface area contributed by atoms with Crippen LogP contribution in [0.25, 0.3) is 11.6 Å². The minimum absolute atomic E-state index is 0.514. The van der Waals surface area contributed by atoms with Gasteiger partial charge in [0.15, 0.2) is 10.4 Å². The molecule has 6 heteroatoms. The molecule has 0 radical (unpaired) electrons. The lowest BCUT2D eigenvalue weighted by molar-refractivity contribution is 0.364. The zero-order chi connectivity index (χ0) is 12.4. The molecule has 3 rings (SSSR count). The first-order valence-corrected chi connectivity index (χ1v) is 6.89. The summed E-state index contributed by atoms with van der Waals surface area (Å²) in [6.45, 7) is 2.23. The maximum absolute atomic E-state index is 5.38. The summed E-state index contributed by atoms with van der Waals surface area (Å²) in [6, 6.07) is 3.63. The van der Waals surface area contributed by atoms with E-state index in [2.05, 4.69) is 31.4 Å². The van der Waals surface area contributed by atoms with E-state index in [-0.39, 0.29) is 0 Å². The number of furan rings is 1. The Hall–Kier alpha value is -1.14. The SMILES string of the molecule is Brc1ccc(-c2noc(CCC3CCNC3)n2)o1. The first-order valence-electron chi connectivity index (χ1n) is 6.10. The van der Waals surface area contributed by atoms with Crippen molar-refractivity contribution >= 4 is 15.9 Å². The molecule has 0 amide bonds. The van der Waals surface area contributed by atoms with Crippen LogP contribution in [0.3, 0.4) is 0 Å². The molecule has 0 saturated carbocycles. The molecule has 1 aliphatic rings. The Kier molecular flexibility index (Phi) is 3.47. The minimum Gasteiger partial charge on any atom is -0.446 e. The van der Waals surface area contributed by atoms with Gasteiger partial charge in [-0.2, -0.15) is 4.98 Å². The number of nitrogens with one attached hydrogen (secondary N) is 1. The first-order chi connectivity index (χ1) is 8.81. The number of halogens is 1. The smallest absolute Gasteiger partial charge is 0.238 e. The number of rotatable bonds is 4. The van der Waals surface area contributed by atoms with Crippen molar-refractivity contribution in [2.24, 2.45) is 5.92 Å². The Balaban J connectivity index is 1.62. The predicted octanol–water partition coefficient (Wildman–Crippen LogP) is 2.63. The van der Waals surface area contributed by atoms with Gasteiger partial charge in [0, 0.05) is 6.42 Å². The van der Waals surface area contributed by atoms with Gasteiger partial charge in [0.1, 0.15) is 0 Å². The highest BCUT2D eigenvalue weighted by molar-refractivity contribution is 9.10. The third kappa shape index (κ3) is 2.64. The Labute approximate surface area is 113 Å². The molecule has 1 atom stereocenters. The van der Waals surface area contributed by atoms with E-state index in [1.807, 2.05) is 12.1 Å². The second kappa shape index (κ2) is 5.24. The fourth-order valence-corrected chi connectivity index (χ4v) is 2.49. The third-order valence-electron chi connectivity index (χ3n) is 3.19. The van der Waals surface area contributed by atoms with Gasteiger partial charge in [-0.15, -0.1) is 0 Å². The normalized spacial score (nSPS) is 19.5. The second-order valence-electron chi connectivity index (χ2n) is 4.51. The van der Waals surface area contributed by atoms with Crippen LogP contribution in [0.5, 0.6) is 0 Å². The molecule has 18 heavy (non-hydrogen) atoms. The van der Waals surface area contributed by atoms with Gasteiger partial charge >= 0.3 is 0 Å². The summed E-state index contributed by atoms with van der Waals surface area (Å²) in [5.41, 5.74) is 0. The van der Waals surface area contributed by atoms with Gasteiger partial charge in [0.05, 0.1) is 0 Å². The quantitative estimate of drug-likeness (QED) is 0.940. The molecule has 1 N–H and O–H groups in total. The molecule has 1 saturated heterocycles. The van der Waals surface area contributed by atoms with Crippen molar-refractivity contribution in [1.29, 1.82) is 0 Å². The van der Waals surface area contributed by atoms with E-state index in [9.17, 15) is 0 Å². The Morgan fingerprint density at radius 2 is 2.39 bits per heavy atom. The molecule has 96 valence electrons. The van der Waals surface area contributed by atoms with Crippen molar-refractivity contribution in [3.8, 4) is 11.6 Å². The van der Waals surface area contributed by atoms with Crippen molar-refractivity contribution in [1.82, 2.24) is 15.5 Å². The molecular formula is C12H14BrN3O2. The number of hydrogen-bond acceptors (Lipinski definition) is 5. The van der Waals surface area contributed by atoms with E-state index >= 15 is 0 Å². The van der Waals surface area contributed by atoms with E-state index in [1.54, 1.807) is 0 Å². The summed E-state index contributed by atoms with van der Waals surface area (Å²) in [5, 5.41) is 7.28. The van der Waals surface area contributed by atoms with Crippen LogP contribution < -0.4 is 5.32 Å². The first kappa shape index (κ1) is 11.9. The molecule has 3 heterocycles. The fourth-order valence-electron chi connectivity index (χ4n) is 2.18. The van der Waals surface area contributed by atoms with Crippen molar-refractivity contribution in [3.63, 3.8) is 0 Å². The van der Waals surface area contributed by atoms with Crippen molar-refractivity contribution in [2.75, 3.05) is 13.1 Å². The molecule has 5 nitrogen and oxygen atoms in total. The van der Waals surface area contributed by atoms with E-state index in [4.69, 9.17) is 8.94 Å². The number of nitrogens with zero attached hydrogens (tertiary/aromatic N) is 2. The van der Waals surface area contributed by atoms with Gasteiger partial charge in [-0.1, -0.05) is 5.16 Å². The maximum Gasteiger partial charge on any atom is 0.238 e. The van der Waals surface area contributed by atoms with Crippen molar-refractivity contribution in [3.05, 3.63) is 22.7 Å². The van der Waals surface area contributed by atoms with Gasteiger partial charge < -0.3 is 14.3 Å². The predicted molar refractivity (Wildman–Crippen MR) is 69.0 cm³/mol. The van der Waals surface area contributed by atoms with Crippen LogP contribution in [-0.2, 0) is 6.42 Å². The molecule has 1 fully saturated rings. The van der Waals surface area contributed by atoms with Gasteiger partial charge in [0.2, 0.25) is 11.7 Å². The lowest BCUT2D eigenvalue weighted by Crippen LogP contribution is -2.09. The number of aryl methyl sites for hydroxylation is 1. The summed E-state index contributed by atoms with van der Waals surface area (Å²) >= 11 is 3.25. The van der Waals surface area contributed by atoms with Crippen LogP contribution in [0.15, 0.2) is 25.7 Å². The third-order valence-corrected chi connectivity index (χ3v) is 3.62. The van der Waals surface area contributed by atoms with Crippen molar-refractivity contribution in [2.45, 2.75) is 19.3 Å². The lowest BCUT2D eigenvalue weighted by Gasteiger charge is -2.03. The summed E-state index contributed by atoms with van der Waals surface area (Å²) < 4.78 is 11.3. The molecule has 1 unspecified atom stereocenters. The number of hydrogen-bond donors (Lipinski definition) is 1. The highest BCUT2D eigenvalue weighted by atomic mass is 79.9. The molecule has 2 aromatic rings. The minimum atomic E-state index is 0.514. The highest BCUT2D eigenvalue weighted by Crippen LogP contribution is 2.23. The van der Waals surface area contributed by atoms with Gasteiger partial charge in [0.25, 0.3) is 0 Å². The van der Waals surface area contributed by atoms with Crippen LogP contribution in [0, 0.1) is 5.92 Å². The van der Waals surface area contributed by atoms with Gasteiger partial charge in [-0.25, -0.2) is 0 Å². The van der Waals surface area contributed by atoms with Gasteiger partial charge in [-0.05, 0) is 59.9 Å². The summed E-state index contributed by atoms with van der Waals surface area (Å²) in [5.74, 6) is 2.56. The lowest BCUT2D eigenvalue weighted by atomic mass is 10.0. The zero-order valence-corrected chi connectivity index (χ0v) is 11.4. The zero-order valence-electron chi connectivity index (χ0n) is 9.86. The van der Waals surface area contributed by atoms with Crippen LogP contribution in [0.4, 0.5) is 0 Å². The average molecular weight is 312 g/mol. The summed E-state index contributed by atoms with van der Waals surface area (Å²) in [6.07, 6.45) is 3.17. The highest BCUT2D eigenvalue weighted by Gasteiger charge is 2.17. The molecule has 0 bridgehead atoms. The molecule has 0 spiro atoms. The standard InChI is InChI=1S/C12H14BrN3O2/c13-10-3-2-9(17-10)12-15-11(18-16-12)4-1-8-5-6-14-7-8/h2-3,8,14H,1,4-7H2. The molecule has 1 aliphatic heterocycles. The van der Waals surface area contributed by atoms with E-state index in [0.29, 0.717) is 22.1 Å². The average Bonchev–Trinajstić information content (AvgIpc) is 3.07. The van der Waals surface area contributed by atoms with E-state index in [1.165, 1.54) is 6.42 Å².